The number of nitrogens with zero attached hydrogens (tertiary/aromatic N) is 3. The summed E-state index contributed by atoms with van der Waals surface area (Å²) in [5.74, 6) is 0. The van der Waals surface area contributed by atoms with Crippen molar-refractivity contribution in [3.05, 3.63) is 27.2 Å². The number of hydrogen-bond donors (Lipinski definition) is 4. The van der Waals surface area contributed by atoms with Crippen LogP contribution in [-0.4, -0.2) is 65.4 Å². The quantitative estimate of drug-likeness (QED) is 0.460. The van der Waals surface area contributed by atoms with Gasteiger partial charge >= 0.3 is 5.69 Å². The summed E-state index contributed by atoms with van der Waals surface area (Å²) in [6, 6.07) is 0. The Morgan fingerprint density at radius 3 is 2.82 bits per heavy atom. The molecule has 2 aromatic rings. The maximum absolute atomic E-state index is 12.0. The first kappa shape index (κ1) is 14.9. The summed E-state index contributed by atoms with van der Waals surface area (Å²) in [6.07, 6.45) is -3.24. The van der Waals surface area contributed by atoms with Gasteiger partial charge in [0.05, 0.1) is 19.5 Å². The molecule has 22 heavy (non-hydrogen) atoms. The molecule has 4 atom stereocenters. The molecular formula is C12H16N4O6. The molecular weight excluding hydrogens is 296 g/mol. The Hall–Kier alpha value is -2.01. The lowest BCUT2D eigenvalue weighted by Gasteiger charge is -2.35. The third kappa shape index (κ3) is 2.25. The fourth-order valence-corrected chi connectivity index (χ4v) is 2.55. The van der Waals surface area contributed by atoms with Crippen LogP contribution in [0, 0.1) is 0 Å². The van der Waals surface area contributed by atoms with E-state index >= 15 is 0 Å². The van der Waals surface area contributed by atoms with Gasteiger partial charge in [0.15, 0.2) is 11.2 Å². The Morgan fingerprint density at radius 2 is 2.09 bits per heavy atom. The Kier molecular flexibility index (Phi) is 3.60. The van der Waals surface area contributed by atoms with Gasteiger partial charge in [0.25, 0.3) is 5.56 Å². The third-order valence-electron chi connectivity index (χ3n) is 3.86. The van der Waals surface area contributed by atoms with Crippen LogP contribution in [0.4, 0.5) is 0 Å². The highest BCUT2D eigenvalue weighted by Gasteiger charge is 2.37. The van der Waals surface area contributed by atoms with Gasteiger partial charge in [-0.25, -0.2) is 9.78 Å². The van der Waals surface area contributed by atoms with Crippen molar-refractivity contribution in [3.63, 3.8) is 0 Å². The molecule has 10 nitrogen and oxygen atoms in total. The summed E-state index contributed by atoms with van der Waals surface area (Å²) in [4.78, 5) is 29.7. The van der Waals surface area contributed by atoms with E-state index in [0.29, 0.717) is 0 Å². The summed E-state index contributed by atoms with van der Waals surface area (Å²) in [5, 5.41) is 29.0. The average molecular weight is 312 g/mol. The fraction of sp³-hybridized carbons (Fsp3) is 0.583. The first-order valence-electron chi connectivity index (χ1n) is 6.70. The van der Waals surface area contributed by atoms with Crippen molar-refractivity contribution < 1.29 is 20.1 Å². The maximum atomic E-state index is 12.0. The number of rotatable bonds is 2. The lowest BCUT2D eigenvalue weighted by molar-refractivity contribution is -0.189. The fourth-order valence-electron chi connectivity index (χ4n) is 2.55. The number of fused-ring (bicyclic) bond motifs is 1. The zero-order valence-corrected chi connectivity index (χ0v) is 11.7. The van der Waals surface area contributed by atoms with E-state index in [2.05, 4.69) is 9.97 Å². The van der Waals surface area contributed by atoms with Crippen molar-refractivity contribution in [1.82, 2.24) is 19.1 Å². The summed E-state index contributed by atoms with van der Waals surface area (Å²) in [6.45, 7) is -0.0763. The highest BCUT2D eigenvalue weighted by atomic mass is 16.5. The predicted octanol–water partition coefficient (Wildman–Crippen LogP) is -3.10. The number of imidazole rings is 1. The van der Waals surface area contributed by atoms with Crippen LogP contribution in [0.25, 0.3) is 11.2 Å². The number of aliphatic hydroxyl groups excluding tert-OH is 3. The van der Waals surface area contributed by atoms with Gasteiger partial charge < -0.3 is 24.6 Å². The van der Waals surface area contributed by atoms with E-state index in [1.165, 1.54) is 22.5 Å². The molecule has 3 rings (SSSR count). The van der Waals surface area contributed by atoms with Gasteiger partial charge in [0, 0.05) is 7.05 Å². The molecule has 0 aliphatic carbocycles. The molecule has 4 unspecified atom stereocenters. The predicted molar refractivity (Wildman–Crippen MR) is 73.4 cm³/mol. The van der Waals surface area contributed by atoms with Gasteiger partial charge in [-0.2, -0.15) is 0 Å². The highest BCUT2D eigenvalue weighted by molar-refractivity contribution is 5.69. The third-order valence-corrected chi connectivity index (χ3v) is 3.86. The molecule has 0 saturated carbocycles. The minimum Gasteiger partial charge on any atom is -0.388 e. The Bertz CT molecular complexity index is 808. The number of ether oxygens (including phenoxy) is 1. The van der Waals surface area contributed by atoms with Gasteiger partial charge in [-0.1, -0.05) is 0 Å². The molecule has 3 heterocycles. The minimum atomic E-state index is -1.32. The second kappa shape index (κ2) is 5.32. The molecule has 1 fully saturated rings. The van der Waals surface area contributed by atoms with Gasteiger partial charge in [-0.15, -0.1) is 0 Å². The van der Waals surface area contributed by atoms with E-state index in [4.69, 9.17) is 4.74 Å². The van der Waals surface area contributed by atoms with Crippen LogP contribution in [0.1, 0.15) is 0 Å². The van der Waals surface area contributed by atoms with E-state index in [0.717, 1.165) is 0 Å². The van der Waals surface area contributed by atoms with Gasteiger partial charge in [0.1, 0.15) is 24.4 Å². The second-order valence-electron chi connectivity index (χ2n) is 5.31. The molecule has 1 aliphatic rings. The molecule has 0 spiro atoms. The molecule has 4 N–H and O–H groups in total. The molecule has 1 saturated heterocycles. The van der Waals surface area contributed by atoms with Crippen LogP contribution in [0.3, 0.4) is 0 Å². The number of aliphatic hydroxyl groups is 3. The van der Waals surface area contributed by atoms with Crippen molar-refractivity contribution in [1.29, 1.82) is 0 Å². The summed E-state index contributed by atoms with van der Waals surface area (Å²) >= 11 is 0. The summed E-state index contributed by atoms with van der Waals surface area (Å²) in [7, 11) is 1.48. The van der Waals surface area contributed by atoms with E-state index in [1.807, 2.05) is 0 Å². The van der Waals surface area contributed by atoms with Crippen LogP contribution in [0.2, 0.25) is 0 Å². The molecule has 0 amide bonds. The zero-order valence-electron chi connectivity index (χ0n) is 11.7. The van der Waals surface area contributed by atoms with Crippen molar-refractivity contribution in [2.45, 2.75) is 31.0 Å². The molecule has 0 radical (unpaired) electrons. The molecule has 10 heteroatoms. The molecule has 0 bridgehead atoms. The Balaban J connectivity index is 1.97. The number of nitrogens with one attached hydrogen (secondary N) is 1. The van der Waals surface area contributed by atoms with Crippen LogP contribution >= 0.6 is 0 Å². The normalized spacial score (nSPS) is 29.1. The number of hydrogen-bond acceptors (Lipinski definition) is 7. The lowest BCUT2D eigenvalue weighted by atomic mass is 10.00. The number of aryl methyl sites for hydroxylation is 1. The standard InChI is InChI=1S/C12H16N4O6/c1-15-10-7(11(20)14-12(15)21)16(4-13-10)2-6-9(19)8(18)5(17)3-22-6/h4-6,8-9,17-19H,2-3H2,1H3,(H,14,20,21). The average Bonchev–Trinajstić information content (AvgIpc) is 2.90. The number of H-pyrrole nitrogens is 1. The monoisotopic (exact) mass is 312 g/mol. The zero-order chi connectivity index (χ0) is 16.0. The Labute approximate surface area is 123 Å². The maximum Gasteiger partial charge on any atom is 0.329 e. The molecule has 0 aromatic carbocycles. The highest BCUT2D eigenvalue weighted by Crippen LogP contribution is 2.18. The van der Waals surface area contributed by atoms with E-state index in [-0.39, 0.29) is 24.3 Å². The van der Waals surface area contributed by atoms with Crippen molar-refractivity contribution in [3.8, 4) is 0 Å². The SMILES string of the molecule is Cn1c(=O)[nH]c(=O)c2c1ncn2CC1OCC(O)C(O)C1O. The van der Waals surface area contributed by atoms with Crippen molar-refractivity contribution in [2.75, 3.05) is 6.61 Å². The lowest BCUT2D eigenvalue weighted by Crippen LogP contribution is -2.54. The Morgan fingerprint density at radius 1 is 1.36 bits per heavy atom. The number of aromatic amines is 1. The topological polar surface area (TPSA) is 143 Å². The van der Waals surface area contributed by atoms with Gasteiger partial charge in [0.2, 0.25) is 0 Å². The largest absolute Gasteiger partial charge is 0.388 e. The van der Waals surface area contributed by atoms with Crippen LogP contribution in [0.15, 0.2) is 15.9 Å². The van der Waals surface area contributed by atoms with Gasteiger partial charge in [-0.3, -0.25) is 14.3 Å². The van der Waals surface area contributed by atoms with E-state index < -0.39 is 35.7 Å². The van der Waals surface area contributed by atoms with Crippen LogP contribution in [-0.2, 0) is 18.3 Å². The van der Waals surface area contributed by atoms with Crippen LogP contribution < -0.4 is 11.2 Å². The van der Waals surface area contributed by atoms with Crippen LogP contribution in [0.5, 0.6) is 0 Å². The number of aromatic nitrogens is 4. The first-order chi connectivity index (χ1) is 10.4. The smallest absolute Gasteiger partial charge is 0.329 e. The summed E-state index contributed by atoms with van der Waals surface area (Å²) in [5.41, 5.74) is -0.796. The first-order valence-corrected chi connectivity index (χ1v) is 6.70. The van der Waals surface area contributed by atoms with Crippen molar-refractivity contribution >= 4 is 11.2 Å². The molecule has 2 aromatic heterocycles. The summed E-state index contributed by atoms with van der Waals surface area (Å²) < 4.78 is 7.93. The van der Waals surface area contributed by atoms with E-state index in [1.54, 1.807) is 0 Å². The second-order valence-corrected chi connectivity index (χ2v) is 5.31. The van der Waals surface area contributed by atoms with Gasteiger partial charge in [-0.05, 0) is 0 Å². The molecule has 120 valence electrons. The molecule has 1 aliphatic heterocycles. The minimum absolute atomic E-state index is 0.0444. The van der Waals surface area contributed by atoms with Crippen molar-refractivity contribution in [2.24, 2.45) is 7.05 Å². The van der Waals surface area contributed by atoms with E-state index in [9.17, 15) is 24.9 Å².